The fraction of sp³-hybridized carbons (Fsp3) is 1.00. The fourth-order valence-electron chi connectivity index (χ4n) is 0. The Morgan fingerprint density at radius 2 is 1.71 bits per heavy atom. The molecule has 0 aliphatic rings. The molecule has 0 amide bonds. The summed E-state index contributed by atoms with van der Waals surface area (Å²) in [7, 11) is 0. The van der Waals surface area contributed by atoms with Crippen molar-refractivity contribution in [1.82, 2.24) is 0 Å². The highest BCUT2D eigenvalue weighted by Crippen LogP contribution is 2.00. The van der Waals surface area contributed by atoms with Gasteiger partial charge in [-0.3, -0.25) is 0 Å². The Kier molecular flexibility index (Phi) is 4.75. The minimum absolute atomic E-state index is 0. The maximum atomic E-state index is 8.69. The average molecular weight is 127 g/mol. The zero-order valence-electron chi connectivity index (χ0n) is 4.53. The second-order valence-corrected chi connectivity index (χ2v) is 2.21. The summed E-state index contributed by atoms with van der Waals surface area (Å²) in [5, 5.41) is 8.69. The number of halogens is 1. The number of hydrogen-bond donors (Lipinski definition) is 1. The molecule has 0 aromatic heterocycles. The lowest BCUT2D eigenvalue weighted by Gasteiger charge is -2.09. The third kappa shape index (κ3) is 10.7. The normalized spacial score (nSPS) is 10.3. The molecule has 0 atom stereocenters. The van der Waals surface area contributed by atoms with E-state index >= 15 is 0 Å². The highest BCUT2D eigenvalue weighted by Gasteiger charge is 2.07. The van der Waals surface area contributed by atoms with Crippen molar-refractivity contribution in [3.63, 3.8) is 0 Å². The monoisotopic (exact) mass is 126 g/mol. The molecular formula is C4H11ClO2. The Morgan fingerprint density at radius 3 is 1.71 bits per heavy atom. The first-order chi connectivity index (χ1) is 2.56. The van der Waals surface area contributed by atoms with Crippen molar-refractivity contribution in [3.05, 3.63) is 0 Å². The van der Waals surface area contributed by atoms with E-state index in [4.69, 9.17) is 16.7 Å². The second-order valence-electron chi connectivity index (χ2n) is 1.95. The van der Waals surface area contributed by atoms with Gasteiger partial charge in [0.15, 0.2) is 0 Å². The Morgan fingerprint density at radius 1 is 1.57 bits per heavy atom. The summed E-state index contributed by atoms with van der Waals surface area (Å²) < 4.78 is 0. The van der Waals surface area contributed by atoms with Crippen LogP contribution in [0.5, 0.6) is 0 Å². The molecule has 0 aliphatic carbocycles. The molecule has 0 aliphatic heterocycles. The van der Waals surface area contributed by atoms with Gasteiger partial charge < -0.3 is 10.6 Å². The Hall–Kier alpha value is 0.210. The molecule has 0 saturated heterocycles. The van der Waals surface area contributed by atoms with Crippen LogP contribution < -0.4 is 0 Å². The number of alkyl halides is 1. The third-order valence-corrected chi connectivity index (χ3v) is 0.981. The topological polar surface area (TPSA) is 51.7 Å². The van der Waals surface area contributed by atoms with Gasteiger partial charge in [-0.25, -0.2) is 0 Å². The second kappa shape index (κ2) is 3.24. The zero-order valence-corrected chi connectivity index (χ0v) is 5.29. The van der Waals surface area contributed by atoms with Crippen LogP contribution in [-0.2, 0) is 0 Å². The largest absolute Gasteiger partial charge is 0.412 e. The van der Waals surface area contributed by atoms with Crippen LogP contribution in [0.4, 0.5) is 0 Å². The smallest absolute Gasteiger partial charge is 0.0726 e. The molecule has 3 heteroatoms. The first kappa shape index (κ1) is 10.2. The minimum Gasteiger partial charge on any atom is -0.412 e. The number of hydrogen-bond acceptors (Lipinski definition) is 1. The molecule has 0 heterocycles. The van der Waals surface area contributed by atoms with Gasteiger partial charge >= 0.3 is 0 Å². The van der Waals surface area contributed by atoms with E-state index in [-0.39, 0.29) is 5.48 Å². The van der Waals surface area contributed by atoms with Gasteiger partial charge in [0.1, 0.15) is 0 Å². The molecule has 46 valence electrons. The average Bonchev–Trinajstić information content (AvgIpc) is 1.35. The van der Waals surface area contributed by atoms with Crippen molar-refractivity contribution in [2.24, 2.45) is 0 Å². The summed E-state index contributed by atoms with van der Waals surface area (Å²) in [4.78, 5) is 0. The molecule has 0 fully saturated rings. The summed E-state index contributed by atoms with van der Waals surface area (Å²) in [6.45, 7) is 3.33. The summed E-state index contributed by atoms with van der Waals surface area (Å²) in [6.07, 6.45) is 0. The molecular weight excluding hydrogens is 115 g/mol. The van der Waals surface area contributed by atoms with E-state index in [1.807, 2.05) is 0 Å². The molecule has 0 saturated carbocycles. The van der Waals surface area contributed by atoms with Gasteiger partial charge in [0, 0.05) is 0 Å². The van der Waals surface area contributed by atoms with Crippen LogP contribution in [0.1, 0.15) is 13.8 Å². The maximum absolute atomic E-state index is 8.69. The molecule has 0 aromatic rings. The molecule has 2 nitrogen and oxygen atoms in total. The molecule has 0 rings (SSSR count). The molecule has 3 N–H and O–H groups in total. The van der Waals surface area contributed by atoms with E-state index < -0.39 is 5.60 Å². The van der Waals surface area contributed by atoms with E-state index in [1.165, 1.54) is 0 Å². The highest BCUT2D eigenvalue weighted by atomic mass is 35.5. The van der Waals surface area contributed by atoms with Crippen molar-refractivity contribution in [1.29, 1.82) is 0 Å². The fourth-order valence-corrected chi connectivity index (χ4v) is 0. The van der Waals surface area contributed by atoms with E-state index in [0.717, 1.165) is 0 Å². The van der Waals surface area contributed by atoms with Crippen LogP contribution in [0.2, 0.25) is 0 Å². The van der Waals surface area contributed by atoms with Crippen molar-refractivity contribution < 1.29 is 10.6 Å². The van der Waals surface area contributed by atoms with E-state index in [1.54, 1.807) is 13.8 Å². The molecule has 0 bridgehead atoms. The zero-order chi connectivity index (χ0) is 5.21. The first-order valence-corrected chi connectivity index (χ1v) is 2.38. The number of aliphatic hydroxyl groups is 1. The van der Waals surface area contributed by atoms with Crippen LogP contribution in [0.15, 0.2) is 0 Å². The van der Waals surface area contributed by atoms with E-state index in [9.17, 15) is 0 Å². The summed E-state index contributed by atoms with van der Waals surface area (Å²) in [5.41, 5.74) is -0.693. The molecule has 0 radical (unpaired) electrons. The predicted octanol–water partition coefficient (Wildman–Crippen LogP) is 0.171. The van der Waals surface area contributed by atoms with Gasteiger partial charge in [-0.15, -0.1) is 11.6 Å². The lowest BCUT2D eigenvalue weighted by Crippen LogP contribution is -2.19. The third-order valence-electron chi connectivity index (χ3n) is 0.327. The highest BCUT2D eigenvalue weighted by molar-refractivity contribution is 6.18. The Balaban J connectivity index is 0. The van der Waals surface area contributed by atoms with Crippen molar-refractivity contribution >= 4 is 11.6 Å². The van der Waals surface area contributed by atoms with Gasteiger partial charge in [0.05, 0.1) is 11.5 Å². The van der Waals surface area contributed by atoms with Crippen molar-refractivity contribution in [2.75, 3.05) is 5.88 Å². The van der Waals surface area contributed by atoms with Crippen LogP contribution >= 0.6 is 11.6 Å². The minimum atomic E-state index is -0.693. The molecule has 0 unspecified atom stereocenters. The van der Waals surface area contributed by atoms with E-state index in [0.29, 0.717) is 5.88 Å². The van der Waals surface area contributed by atoms with Crippen LogP contribution in [-0.4, -0.2) is 22.1 Å². The SMILES string of the molecule is CC(C)(O)CCl.O. The Bertz CT molecular complexity index is 39.4. The molecule has 0 spiro atoms. The van der Waals surface area contributed by atoms with Gasteiger partial charge in [0.2, 0.25) is 0 Å². The molecule has 7 heavy (non-hydrogen) atoms. The van der Waals surface area contributed by atoms with Gasteiger partial charge in [-0.05, 0) is 13.8 Å². The van der Waals surface area contributed by atoms with E-state index in [2.05, 4.69) is 0 Å². The lowest BCUT2D eigenvalue weighted by molar-refractivity contribution is 0.105. The van der Waals surface area contributed by atoms with Crippen LogP contribution in [0, 0.1) is 0 Å². The van der Waals surface area contributed by atoms with Crippen molar-refractivity contribution in [3.8, 4) is 0 Å². The maximum Gasteiger partial charge on any atom is 0.0726 e. The summed E-state index contributed by atoms with van der Waals surface area (Å²) in [6, 6.07) is 0. The number of rotatable bonds is 1. The van der Waals surface area contributed by atoms with Crippen LogP contribution in [0.25, 0.3) is 0 Å². The Labute approximate surface area is 48.4 Å². The standard InChI is InChI=1S/C4H9ClO.H2O/c1-4(2,6)3-5;/h6H,3H2,1-2H3;1H2. The summed E-state index contributed by atoms with van der Waals surface area (Å²) in [5.74, 6) is 0.299. The van der Waals surface area contributed by atoms with Gasteiger partial charge in [-0.1, -0.05) is 0 Å². The van der Waals surface area contributed by atoms with Crippen molar-refractivity contribution in [2.45, 2.75) is 19.4 Å². The van der Waals surface area contributed by atoms with Gasteiger partial charge in [0.25, 0.3) is 0 Å². The van der Waals surface area contributed by atoms with Gasteiger partial charge in [-0.2, -0.15) is 0 Å². The summed E-state index contributed by atoms with van der Waals surface area (Å²) >= 11 is 5.23. The quantitative estimate of drug-likeness (QED) is 0.501. The first-order valence-electron chi connectivity index (χ1n) is 1.84. The predicted molar refractivity (Wildman–Crippen MR) is 30.6 cm³/mol. The van der Waals surface area contributed by atoms with Crippen LogP contribution in [0.3, 0.4) is 0 Å². The lowest BCUT2D eigenvalue weighted by atomic mass is 10.2. The molecule has 0 aromatic carbocycles.